The molecule has 0 bridgehead atoms. The predicted octanol–water partition coefficient (Wildman–Crippen LogP) is 1.10. The van der Waals surface area contributed by atoms with E-state index < -0.39 is 0 Å². The molecule has 0 saturated carbocycles. The zero-order valence-electron chi connectivity index (χ0n) is 5.35. The second-order valence-electron chi connectivity index (χ2n) is 1.58. The van der Waals surface area contributed by atoms with Crippen LogP contribution in [-0.4, -0.2) is 19.8 Å². The second-order valence-corrected chi connectivity index (χ2v) is 1.83. The van der Waals surface area contributed by atoms with Gasteiger partial charge in [0.25, 0.3) is 0 Å². The van der Waals surface area contributed by atoms with Gasteiger partial charge < -0.3 is 10.5 Å². The van der Waals surface area contributed by atoms with Crippen LogP contribution in [0.3, 0.4) is 0 Å². The van der Waals surface area contributed by atoms with Crippen molar-refractivity contribution < 1.29 is 4.74 Å². The lowest BCUT2D eigenvalue weighted by molar-refractivity contribution is 0.161. The Kier molecular flexibility index (Phi) is 7.91. The van der Waals surface area contributed by atoms with Crippen molar-refractivity contribution >= 4 is 11.6 Å². The van der Waals surface area contributed by atoms with Crippen molar-refractivity contribution in [3.8, 4) is 0 Å². The van der Waals surface area contributed by atoms with Crippen molar-refractivity contribution in [3.63, 3.8) is 0 Å². The second kappa shape index (κ2) is 7.95. The molecule has 0 aliphatic heterocycles. The zero-order chi connectivity index (χ0) is 6.95. The molecular formula is C6H12ClNO. The fraction of sp³-hybridized carbons (Fsp3) is 0.667. The van der Waals surface area contributed by atoms with Gasteiger partial charge in [-0.15, -0.1) is 0 Å². The molecule has 0 radical (unpaired) electrons. The largest absolute Gasteiger partial charge is 0.377 e. The predicted molar refractivity (Wildman–Crippen MR) is 39.5 cm³/mol. The molecule has 0 atom stereocenters. The van der Waals surface area contributed by atoms with E-state index in [1.807, 2.05) is 0 Å². The highest BCUT2D eigenvalue weighted by molar-refractivity contribution is 6.25. The van der Waals surface area contributed by atoms with Crippen LogP contribution in [0.2, 0.25) is 0 Å². The van der Waals surface area contributed by atoms with Crippen LogP contribution in [0, 0.1) is 0 Å². The first-order chi connectivity index (χ1) is 4.41. The molecular weight excluding hydrogens is 138 g/mol. The van der Waals surface area contributed by atoms with E-state index >= 15 is 0 Å². The summed E-state index contributed by atoms with van der Waals surface area (Å²) in [5.74, 6) is 0. The van der Waals surface area contributed by atoms with Crippen LogP contribution in [0.1, 0.15) is 6.42 Å². The van der Waals surface area contributed by atoms with E-state index in [9.17, 15) is 0 Å². The van der Waals surface area contributed by atoms with Crippen LogP contribution in [0.4, 0.5) is 0 Å². The van der Waals surface area contributed by atoms with Crippen molar-refractivity contribution in [1.82, 2.24) is 0 Å². The average molecular weight is 150 g/mol. The Hall–Kier alpha value is -0.0500. The maximum atomic E-state index is 5.23. The van der Waals surface area contributed by atoms with E-state index in [0.717, 1.165) is 13.0 Å². The molecule has 2 nitrogen and oxygen atoms in total. The number of halogens is 1. The van der Waals surface area contributed by atoms with Crippen molar-refractivity contribution in [1.29, 1.82) is 0 Å². The molecule has 0 aromatic rings. The summed E-state index contributed by atoms with van der Waals surface area (Å²) >= 11 is 5.23. The lowest BCUT2D eigenvalue weighted by Gasteiger charge is -1.96. The summed E-state index contributed by atoms with van der Waals surface area (Å²) in [5, 5.41) is 0. The first-order valence-corrected chi connectivity index (χ1v) is 3.38. The molecule has 0 heterocycles. The van der Waals surface area contributed by atoms with Crippen LogP contribution in [0.5, 0.6) is 0 Å². The smallest absolute Gasteiger partial charge is 0.0658 e. The summed E-state index contributed by atoms with van der Waals surface area (Å²) in [4.78, 5) is 0. The minimum atomic E-state index is 0.587. The van der Waals surface area contributed by atoms with Gasteiger partial charge in [-0.25, -0.2) is 0 Å². The molecule has 0 rings (SSSR count). The highest BCUT2D eigenvalue weighted by Gasteiger charge is 1.81. The van der Waals surface area contributed by atoms with Gasteiger partial charge in [0.2, 0.25) is 0 Å². The van der Waals surface area contributed by atoms with E-state index in [1.54, 1.807) is 6.08 Å². The summed E-state index contributed by atoms with van der Waals surface area (Å²) in [6.45, 7) is 1.99. The SMILES string of the molecule is NCCCOC/C=C/Cl. The minimum absolute atomic E-state index is 0.587. The standard InChI is InChI=1S/C6H12ClNO/c7-3-1-5-9-6-2-4-8/h1,3H,2,4-6,8H2/b3-1+. The molecule has 0 aromatic carbocycles. The van der Waals surface area contributed by atoms with Gasteiger partial charge in [0, 0.05) is 12.1 Å². The van der Waals surface area contributed by atoms with Gasteiger partial charge >= 0.3 is 0 Å². The van der Waals surface area contributed by atoms with E-state index in [-0.39, 0.29) is 0 Å². The quantitative estimate of drug-likeness (QED) is 0.595. The highest BCUT2D eigenvalue weighted by Crippen LogP contribution is 1.82. The molecule has 0 aliphatic rings. The third kappa shape index (κ3) is 7.95. The third-order valence-corrected chi connectivity index (χ3v) is 0.974. The van der Waals surface area contributed by atoms with E-state index in [0.29, 0.717) is 13.2 Å². The zero-order valence-corrected chi connectivity index (χ0v) is 6.10. The highest BCUT2D eigenvalue weighted by atomic mass is 35.5. The third-order valence-electron chi connectivity index (χ3n) is 0.796. The molecule has 0 saturated heterocycles. The Labute approximate surface area is 60.6 Å². The molecule has 9 heavy (non-hydrogen) atoms. The van der Waals surface area contributed by atoms with Gasteiger partial charge in [-0.3, -0.25) is 0 Å². The normalized spacial score (nSPS) is 10.9. The summed E-state index contributed by atoms with van der Waals surface area (Å²) in [6, 6.07) is 0. The monoisotopic (exact) mass is 149 g/mol. The van der Waals surface area contributed by atoms with E-state index in [2.05, 4.69) is 0 Å². The molecule has 0 aromatic heterocycles. The van der Waals surface area contributed by atoms with Crippen LogP contribution in [0.15, 0.2) is 11.6 Å². The molecule has 3 heteroatoms. The molecule has 0 aliphatic carbocycles. The van der Waals surface area contributed by atoms with Gasteiger partial charge in [0.05, 0.1) is 6.61 Å². The van der Waals surface area contributed by atoms with Gasteiger partial charge in [-0.2, -0.15) is 0 Å². The number of hydrogen-bond donors (Lipinski definition) is 1. The molecule has 54 valence electrons. The Balaban J connectivity index is 2.75. The Bertz CT molecular complexity index is 75.5. The Morgan fingerprint density at radius 1 is 1.56 bits per heavy atom. The van der Waals surface area contributed by atoms with Crippen molar-refractivity contribution in [2.45, 2.75) is 6.42 Å². The molecule has 0 amide bonds. The number of rotatable bonds is 5. The Morgan fingerprint density at radius 3 is 2.89 bits per heavy atom. The average Bonchev–Trinajstić information content (AvgIpc) is 1.89. The van der Waals surface area contributed by atoms with Crippen LogP contribution in [-0.2, 0) is 4.74 Å². The summed E-state index contributed by atoms with van der Waals surface area (Å²) < 4.78 is 5.06. The van der Waals surface area contributed by atoms with Crippen molar-refractivity contribution in [3.05, 3.63) is 11.6 Å². The summed E-state index contributed by atoms with van der Waals surface area (Å²) in [6.07, 6.45) is 2.66. The van der Waals surface area contributed by atoms with Crippen molar-refractivity contribution in [2.75, 3.05) is 19.8 Å². The molecule has 0 fully saturated rings. The Morgan fingerprint density at radius 2 is 2.33 bits per heavy atom. The lowest BCUT2D eigenvalue weighted by Crippen LogP contribution is -2.03. The topological polar surface area (TPSA) is 35.2 Å². The summed E-state index contributed by atoms with van der Waals surface area (Å²) in [5.41, 5.74) is 6.67. The fourth-order valence-corrected chi connectivity index (χ4v) is 0.446. The fourth-order valence-electron chi connectivity index (χ4n) is 0.373. The molecule has 0 unspecified atom stereocenters. The van der Waals surface area contributed by atoms with Crippen LogP contribution < -0.4 is 5.73 Å². The van der Waals surface area contributed by atoms with Crippen LogP contribution in [0.25, 0.3) is 0 Å². The maximum Gasteiger partial charge on any atom is 0.0658 e. The molecule has 2 N–H and O–H groups in total. The minimum Gasteiger partial charge on any atom is -0.377 e. The van der Waals surface area contributed by atoms with Crippen LogP contribution >= 0.6 is 11.6 Å². The maximum absolute atomic E-state index is 5.23. The number of hydrogen-bond acceptors (Lipinski definition) is 2. The summed E-state index contributed by atoms with van der Waals surface area (Å²) in [7, 11) is 0. The van der Waals surface area contributed by atoms with Gasteiger partial charge in [-0.05, 0) is 19.0 Å². The van der Waals surface area contributed by atoms with E-state index in [1.165, 1.54) is 5.54 Å². The van der Waals surface area contributed by atoms with E-state index in [4.69, 9.17) is 22.1 Å². The number of nitrogens with two attached hydrogens (primary N) is 1. The van der Waals surface area contributed by atoms with Gasteiger partial charge in [0.1, 0.15) is 0 Å². The molecule has 0 spiro atoms. The number of ether oxygens (including phenoxy) is 1. The van der Waals surface area contributed by atoms with Gasteiger partial charge in [-0.1, -0.05) is 11.6 Å². The van der Waals surface area contributed by atoms with Gasteiger partial charge in [0.15, 0.2) is 0 Å². The lowest BCUT2D eigenvalue weighted by atomic mass is 10.5. The van der Waals surface area contributed by atoms with Crippen molar-refractivity contribution in [2.24, 2.45) is 5.73 Å². The first kappa shape index (κ1) is 8.95. The first-order valence-electron chi connectivity index (χ1n) is 2.95.